The normalized spacial score (nSPS) is 19.2. The number of nitrogens with one attached hydrogen (secondary N) is 1. The Kier molecular flexibility index (Phi) is 8.11. The van der Waals surface area contributed by atoms with E-state index in [0.717, 1.165) is 58.7 Å². The summed E-state index contributed by atoms with van der Waals surface area (Å²) in [6.45, 7) is 13.0. The van der Waals surface area contributed by atoms with Gasteiger partial charge in [0.25, 0.3) is 0 Å². The van der Waals surface area contributed by atoms with Crippen molar-refractivity contribution in [3.8, 4) is 0 Å². The molecule has 20 heavy (non-hydrogen) atoms. The highest BCUT2D eigenvalue weighted by Crippen LogP contribution is 2.07. The van der Waals surface area contributed by atoms with E-state index in [4.69, 9.17) is 5.73 Å². The molecule has 0 aromatic rings. The molecule has 3 N–H and O–H groups in total. The number of hydrogen-bond acceptors (Lipinski definition) is 4. The summed E-state index contributed by atoms with van der Waals surface area (Å²) in [6.07, 6.45) is 2.11. The topological polar surface area (TPSA) is 61.6 Å². The van der Waals surface area contributed by atoms with Crippen molar-refractivity contribution in [2.45, 2.75) is 39.7 Å². The third-order valence-corrected chi connectivity index (χ3v) is 4.03. The summed E-state index contributed by atoms with van der Waals surface area (Å²) in [4.78, 5) is 16.8. The zero-order valence-corrected chi connectivity index (χ0v) is 13.4. The largest absolute Gasteiger partial charge is 0.355 e. The van der Waals surface area contributed by atoms with Gasteiger partial charge < -0.3 is 16.0 Å². The van der Waals surface area contributed by atoms with Gasteiger partial charge in [-0.25, -0.2) is 0 Å². The Bertz CT molecular complexity index is 275. The summed E-state index contributed by atoms with van der Waals surface area (Å²) in [5.74, 6) is 0.803. The van der Waals surface area contributed by atoms with Crippen LogP contribution in [0.5, 0.6) is 0 Å². The van der Waals surface area contributed by atoms with Crippen LogP contribution >= 0.6 is 0 Å². The summed E-state index contributed by atoms with van der Waals surface area (Å²) in [7, 11) is 0. The number of hydrogen-bond donors (Lipinski definition) is 2. The maximum Gasteiger partial charge on any atom is 0.237 e. The first kappa shape index (κ1) is 17.4. The zero-order chi connectivity index (χ0) is 15.0. The van der Waals surface area contributed by atoms with Gasteiger partial charge in [0.2, 0.25) is 5.91 Å². The molecule has 0 saturated carbocycles. The first-order valence-electron chi connectivity index (χ1n) is 7.98. The lowest BCUT2D eigenvalue weighted by atomic mass is 10.1. The third kappa shape index (κ3) is 6.20. The molecule has 1 heterocycles. The first-order chi connectivity index (χ1) is 9.54. The molecule has 1 fully saturated rings. The second kappa shape index (κ2) is 9.32. The van der Waals surface area contributed by atoms with Crippen LogP contribution in [0.2, 0.25) is 0 Å². The zero-order valence-electron chi connectivity index (χ0n) is 13.4. The highest BCUT2D eigenvalue weighted by molar-refractivity contribution is 5.81. The highest BCUT2D eigenvalue weighted by atomic mass is 16.2. The second-order valence-electron chi connectivity index (χ2n) is 6.17. The van der Waals surface area contributed by atoms with Crippen LogP contribution in [-0.2, 0) is 4.79 Å². The van der Waals surface area contributed by atoms with Crippen LogP contribution in [-0.4, -0.2) is 67.6 Å². The fraction of sp³-hybridized carbons (Fsp3) is 0.933. The van der Waals surface area contributed by atoms with Gasteiger partial charge in [-0.05, 0) is 38.8 Å². The molecule has 0 radical (unpaired) electrons. The van der Waals surface area contributed by atoms with E-state index in [1.165, 1.54) is 0 Å². The molecule has 0 aromatic carbocycles. The minimum atomic E-state index is -0.0150. The van der Waals surface area contributed by atoms with Crippen LogP contribution < -0.4 is 11.1 Å². The number of carbonyl (C=O) groups excluding carboxylic acids is 1. The molecule has 0 aliphatic carbocycles. The van der Waals surface area contributed by atoms with Crippen molar-refractivity contribution in [1.29, 1.82) is 0 Å². The Morgan fingerprint density at radius 1 is 1.20 bits per heavy atom. The van der Waals surface area contributed by atoms with Gasteiger partial charge in [-0.15, -0.1) is 0 Å². The monoisotopic (exact) mass is 284 g/mol. The van der Waals surface area contributed by atoms with E-state index in [0.29, 0.717) is 5.92 Å². The third-order valence-electron chi connectivity index (χ3n) is 4.03. The van der Waals surface area contributed by atoms with Gasteiger partial charge in [-0.3, -0.25) is 9.69 Å². The number of carbonyl (C=O) groups is 1. The Labute approximate surface area is 123 Å². The lowest BCUT2D eigenvalue weighted by molar-refractivity contribution is -0.126. The number of nitrogens with two attached hydrogens (primary N) is 1. The van der Waals surface area contributed by atoms with Crippen LogP contribution in [0.25, 0.3) is 0 Å². The smallest absolute Gasteiger partial charge is 0.237 e. The molecule has 0 bridgehead atoms. The van der Waals surface area contributed by atoms with E-state index in [1.807, 2.05) is 6.92 Å². The Hall–Kier alpha value is -0.650. The van der Waals surface area contributed by atoms with E-state index < -0.39 is 0 Å². The lowest BCUT2D eigenvalue weighted by Crippen LogP contribution is -2.54. The van der Waals surface area contributed by atoms with Crippen molar-refractivity contribution in [1.82, 2.24) is 15.1 Å². The van der Waals surface area contributed by atoms with Crippen molar-refractivity contribution >= 4 is 5.91 Å². The summed E-state index contributed by atoms with van der Waals surface area (Å²) < 4.78 is 0. The molecule has 1 aliphatic heterocycles. The summed E-state index contributed by atoms with van der Waals surface area (Å²) in [5, 5.41) is 3.05. The van der Waals surface area contributed by atoms with Gasteiger partial charge in [0.15, 0.2) is 0 Å². The van der Waals surface area contributed by atoms with Gasteiger partial charge in [0, 0.05) is 32.7 Å². The number of piperazine rings is 1. The van der Waals surface area contributed by atoms with Gasteiger partial charge in [-0.1, -0.05) is 13.8 Å². The average molecular weight is 284 g/mol. The molecular formula is C15H32N4O. The molecule has 0 aromatic heterocycles. The predicted octanol–water partition coefficient (Wildman–Crippen LogP) is 0.504. The lowest BCUT2D eigenvalue weighted by Gasteiger charge is -2.37. The molecule has 5 nitrogen and oxygen atoms in total. The number of rotatable bonds is 8. The Balaban J connectivity index is 2.24. The molecule has 5 heteroatoms. The maximum absolute atomic E-state index is 12.1. The minimum Gasteiger partial charge on any atom is -0.355 e. The average Bonchev–Trinajstić information content (AvgIpc) is 2.44. The van der Waals surface area contributed by atoms with E-state index in [9.17, 15) is 4.79 Å². The van der Waals surface area contributed by atoms with Gasteiger partial charge in [-0.2, -0.15) is 0 Å². The molecule has 1 unspecified atom stereocenters. The SMILES string of the molecule is CC(C)CCNC(=O)C(C)N1CCN(CCCN)CC1. The van der Waals surface area contributed by atoms with Crippen molar-refractivity contribution in [2.75, 3.05) is 45.8 Å². The predicted molar refractivity (Wildman–Crippen MR) is 83.6 cm³/mol. The summed E-state index contributed by atoms with van der Waals surface area (Å²) >= 11 is 0. The van der Waals surface area contributed by atoms with Gasteiger partial charge in [0.1, 0.15) is 0 Å². The number of amides is 1. The molecule has 1 rings (SSSR count). The second-order valence-corrected chi connectivity index (χ2v) is 6.17. The standard InChI is InChI=1S/C15H32N4O/c1-13(2)5-7-17-15(20)14(3)19-11-9-18(10-12-19)8-4-6-16/h13-14H,4-12,16H2,1-3H3,(H,17,20). The molecular weight excluding hydrogens is 252 g/mol. The molecule has 118 valence electrons. The summed E-state index contributed by atoms with van der Waals surface area (Å²) in [5.41, 5.74) is 5.54. The maximum atomic E-state index is 12.1. The Morgan fingerprint density at radius 2 is 1.85 bits per heavy atom. The first-order valence-corrected chi connectivity index (χ1v) is 7.98. The van der Waals surface area contributed by atoms with E-state index in [1.54, 1.807) is 0 Å². The van der Waals surface area contributed by atoms with Crippen molar-refractivity contribution in [3.05, 3.63) is 0 Å². The van der Waals surface area contributed by atoms with Crippen LogP contribution in [0, 0.1) is 5.92 Å². The fourth-order valence-corrected chi connectivity index (χ4v) is 2.49. The van der Waals surface area contributed by atoms with Crippen molar-refractivity contribution in [2.24, 2.45) is 11.7 Å². The van der Waals surface area contributed by atoms with E-state index >= 15 is 0 Å². The van der Waals surface area contributed by atoms with Crippen LogP contribution in [0.1, 0.15) is 33.6 Å². The molecule has 1 saturated heterocycles. The van der Waals surface area contributed by atoms with Crippen LogP contribution in [0.15, 0.2) is 0 Å². The van der Waals surface area contributed by atoms with Gasteiger partial charge in [0.05, 0.1) is 6.04 Å². The van der Waals surface area contributed by atoms with Gasteiger partial charge >= 0.3 is 0 Å². The van der Waals surface area contributed by atoms with Crippen molar-refractivity contribution < 1.29 is 4.79 Å². The minimum absolute atomic E-state index is 0.0150. The van der Waals surface area contributed by atoms with E-state index in [-0.39, 0.29) is 11.9 Å². The fourth-order valence-electron chi connectivity index (χ4n) is 2.49. The van der Waals surface area contributed by atoms with E-state index in [2.05, 4.69) is 29.0 Å². The van der Waals surface area contributed by atoms with Crippen molar-refractivity contribution in [3.63, 3.8) is 0 Å². The quantitative estimate of drug-likeness (QED) is 0.681. The molecule has 1 atom stereocenters. The molecule has 1 aliphatic rings. The van der Waals surface area contributed by atoms with Crippen LogP contribution in [0.3, 0.4) is 0 Å². The Morgan fingerprint density at radius 3 is 2.40 bits per heavy atom. The van der Waals surface area contributed by atoms with Crippen LogP contribution in [0.4, 0.5) is 0 Å². The highest BCUT2D eigenvalue weighted by Gasteiger charge is 2.24. The number of nitrogens with zero attached hydrogens (tertiary/aromatic N) is 2. The molecule has 0 spiro atoms. The summed E-state index contributed by atoms with van der Waals surface area (Å²) in [6, 6.07) is -0.0150. The molecule has 1 amide bonds.